The summed E-state index contributed by atoms with van der Waals surface area (Å²) in [4.78, 5) is 10.9. The van der Waals surface area contributed by atoms with Crippen molar-refractivity contribution in [2.24, 2.45) is 0 Å². The van der Waals surface area contributed by atoms with Gasteiger partial charge in [-0.2, -0.15) is 0 Å². The van der Waals surface area contributed by atoms with Crippen LogP contribution < -0.4 is 0 Å². The van der Waals surface area contributed by atoms with Gasteiger partial charge in [0.15, 0.2) is 0 Å². The lowest BCUT2D eigenvalue weighted by Gasteiger charge is -2.22. The van der Waals surface area contributed by atoms with Crippen LogP contribution >= 0.6 is 0 Å². The molecule has 2 heteroatoms. The zero-order valence-corrected chi connectivity index (χ0v) is 12.6. The molecule has 1 aromatic rings. The minimum Gasteiger partial charge on any atom is -0.461 e. The fourth-order valence-corrected chi connectivity index (χ4v) is 1.97. The van der Waals surface area contributed by atoms with Crippen molar-refractivity contribution >= 4 is 12.0 Å². The molecule has 19 heavy (non-hydrogen) atoms. The molecular weight excluding hydrogens is 236 g/mol. The second-order valence-electron chi connectivity index (χ2n) is 5.77. The van der Waals surface area contributed by atoms with Crippen molar-refractivity contribution < 1.29 is 9.53 Å². The first-order valence-corrected chi connectivity index (χ1v) is 6.77. The van der Waals surface area contributed by atoms with Gasteiger partial charge in [-0.05, 0) is 28.5 Å². The Morgan fingerprint density at radius 1 is 1.26 bits per heavy atom. The Bertz CT molecular complexity index is 464. The van der Waals surface area contributed by atoms with Crippen LogP contribution in [-0.2, 0) is 14.9 Å². The van der Waals surface area contributed by atoms with Crippen LogP contribution in [0, 0.1) is 0 Å². The summed E-state index contributed by atoms with van der Waals surface area (Å²) in [6.45, 7) is 10.5. The Kier molecular flexibility index (Phi) is 5.34. The quantitative estimate of drug-likeness (QED) is 0.753. The molecule has 1 rings (SSSR count). The Hall–Kier alpha value is -1.57. The lowest BCUT2D eigenvalue weighted by Crippen LogP contribution is -2.13. The molecule has 0 aliphatic rings. The van der Waals surface area contributed by atoms with E-state index in [-0.39, 0.29) is 11.4 Å². The third-order valence-electron chi connectivity index (χ3n) is 3.04. The predicted octanol–water partition coefficient (Wildman–Crippen LogP) is 4.34. The van der Waals surface area contributed by atoms with Gasteiger partial charge in [0.2, 0.25) is 0 Å². The maximum atomic E-state index is 10.9. The average Bonchev–Trinajstić information content (AvgIpc) is 2.33. The van der Waals surface area contributed by atoms with Crippen LogP contribution in [0.25, 0.3) is 6.08 Å². The molecule has 0 radical (unpaired) electrons. The highest BCUT2D eigenvalue weighted by molar-refractivity contribution is 5.66. The van der Waals surface area contributed by atoms with Crippen LogP contribution in [0.15, 0.2) is 29.8 Å². The molecule has 0 aliphatic heterocycles. The van der Waals surface area contributed by atoms with E-state index in [1.54, 1.807) is 0 Å². The zero-order chi connectivity index (χ0) is 14.5. The molecule has 0 amide bonds. The first kappa shape index (κ1) is 15.5. The normalized spacial score (nSPS) is 12.4. The van der Waals surface area contributed by atoms with Gasteiger partial charge in [0.1, 0.15) is 6.61 Å². The highest BCUT2D eigenvalue weighted by atomic mass is 16.5. The van der Waals surface area contributed by atoms with E-state index in [1.807, 2.05) is 6.07 Å². The molecule has 0 atom stereocenters. The summed E-state index contributed by atoms with van der Waals surface area (Å²) in [5, 5.41) is 0. The van der Waals surface area contributed by atoms with Crippen LogP contribution in [0.1, 0.15) is 52.2 Å². The summed E-state index contributed by atoms with van der Waals surface area (Å²) in [5.41, 5.74) is 3.75. The van der Waals surface area contributed by atoms with E-state index in [4.69, 9.17) is 4.74 Å². The molecule has 2 nitrogen and oxygen atoms in total. The largest absolute Gasteiger partial charge is 0.461 e. The highest BCUT2D eigenvalue weighted by Crippen LogP contribution is 2.27. The molecule has 0 N–H and O–H groups in total. The SMILES string of the molecule is CCC(=Cc1ccccc1C(C)(C)C)COC(C)=O. The van der Waals surface area contributed by atoms with Crippen molar-refractivity contribution in [3.63, 3.8) is 0 Å². The lowest BCUT2D eigenvalue weighted by atomic mass is 9.83. The molecule has 0 unspecified atom stereocenters. The van der Waals surface area contributed by atoms with Gasteiger partial charge in [-0.15, -0.1) is 0 Å². The van der Waals surface area contributed by atoms with Gasteiger partial charge < -0.3 is 4.74 Å². The third kappa shape index (κ3) is 4.90. The molecule has 0 fully saturated rings. The first-order chi connectivity index (χ1) is 8.84. The standard InChI is InChI=1S/C17H24O2/c1-6-14(12-19-13(2)18)11-15-9-7-8-10-16(15)17(3,4)5/h7-11H,6,12H2,1-5H3. The van der Waals surface area contributed by atoms with Crippen LogP contribution in [0.3, 0.4) is 0 Å². The second-order valence-corrected chi connectivity index (χ2v) is 5.77. The summed E-state index contributed by atoms with van der Waals surface area (Å²) in [6, 6.07) is 8.38. The average molecular weight is 260 g/mol. The highest BCUT2D eigenvalue weighted by Gasteiger charge is 2.16. The van der Waals surface area contributed by atoms with Crippen molar-refractivity contribution in [2.45, 2.75) is 46.5 Å². The van der Waals surface area contributed by atoms with E-state index in [9.17, 15) is 4.79 Å². The number of hydrogen-bond acceptors (Lipinski definition) is 2. The fourth-order valence-electron chi connectivity index (χ4n) is 1.97. The van der Waals surface area contributed by atoms with Gasteiger partial charge in [-0.25, -0.2) is 0 Å². The van der Waals surface area contributed by atoms with Crippen molar-refractivity contribution in [3.05, 3.63) is 41.0 Å². The van der Waals surface area contributed by atoms with Crippen LogP contribution in [0.5, 0.6) is 0 Å². The number of carbonyl (C=O) groups is 1. The van der Waals surface area contributed by atoms with Crippen molar-refractivity contribution in [3.8, 4) is 0 Å². The zero-order valence-electron chi connectivity index (χ0n) is 12.6. The molecule has 0 heterocycles. The summed E-state index contributed by atoms with van der Waals surface area (Å²) in [5.74, 6) is -0.233. The number of rotatable bonds is 4. The van der Waals surface area contributed by atoms with E-state index in [0.29, 0.717) is 6.61 Å². The molecule has 0 spiro atoms. The molecule has 0 saturated heterocycles. The minimum absolute atomic E-state index is 0.105. The second kappa shape index (κ2) is 6.55. The lowest BCUT2D eigenvalue weighted by molar-refractivity contribution is -0.139. The molecule has 0 aromatic heterocycles. The van der Waals surface area contributed by atoms with Crippen molar-refractivity contribution in [1.29, 1.82) is 0 Å². The number of benzene rings is 1. The van der Waals surface area contributed by atoms with Gasteiger partial charge in [0.25, 0.3) is 0 Å². The Labute approximate surface area is 116 Å². The maximum Gasteiger partial charge on any atom is 0.302 e. The van der Waals surface area contributed by atoms with Gasteiger partial charge in [-0.3, -0.25) is 4.79 Å². The maximum absolute atomic E-state index is 10.9. The minimum atomic E-state index is -0.233. The van der Waals surface area contributed by atoms with Crippen molar-refractivity contribution in [1.82, 2.24) is 0 Å². The molecule has 0 aliphatic carbocycles. The number of ether oxygens (including phenoxy) is 1. The topological polar surface area (TPSA) is 26.3 Å². The van der Waals surface area contributed by atoms with Crippen LogP contribution in [0.4, 0.5) is 0 Å². The molecule has 0 bridgehead atoms. The summed E-state index contributed by atoms with van der Waals surface area (Å²) < 4.78 is 5.09. The van der Waals surface area contributed by atoms with Crippen LogP contribution in [0.2, 0.25) is 0 Å². The summed E-state index contributed by atoms with van der Waals surface area (Å²) in [6.07, 6.45) is 3.02. The molecule has 104 valence electrons. The van der Waals surface area contributed by atoms with E-state index in [1.165, 1.54) is 18.1 Å². The smallest absolute Gasteiger partial charge is 0.302 e. The summed E-state index contributed by atoms with van der Waals surface area (Å²) >= 11 is 0. The van der Waals surface area contributed by atoms with E-state index in [2.05, 4.69) is 52.0 Å². The van der Waals surface area contributed by atoms with Gasteiger partial charge in [-0.1, -0.05) is 58.0 Å². The predicted molar refractivity (Wildman–Crippen MR) is 80.0 cm³/mol. The van der Waals surface area contributed by atoms with Crippen LogP contribution in [-0.4, -0.2) is 12.6 Å². The summed E-state index contributed by atoms with van der Waals surface area (Å²) in [7, 11) is 0. The van der Waals surface area contributed by atoms with E-state index in [0.717, 1.165) is 12.0 Å². The van der Waals surface area contributed by atoms with Gasteiger partial charge >= 0.3 is 5.97 Å². The Morgan fingerprint density at radius 2 is 1.89 bits per heavy atom. The number of carbonyl (C=O) groups excluding carboxylic acids is 1. The fraction of sp³-hybridized carbons (Fsp3) is 0.471. The third-order valence-corrected chi connectivity index (χ3v) is 3.04. The van der Waals surface area contributed by atoms with E-state index < -0.39 is 0 Å². The van der Waals surface area contributed by atoms with Gasteiger partial charge in [0, 0.05) is 6.92 Å². The molecule has 1 aromatic carbocycles. The molecular formula is C17H24O2. The number of esters is 1. The molecule has 0 saturated carbocycles. The van der Waals surface area contributed by atoms with Gasteiger partial charge in [0.05, 0.1) is 0 Å². The number of hydrogen-bond donors (Lipinski definition) is 0. The monoisotopic (exact) mass is 260 g/mol. The Balaban J connectivity index is 3.04. The van der Waals surface area contributed by atoms with E-state index >= 15 is 0 Å². The Morgan fingerprint density at radius 3 is 2.42 bits per heavy atom. The van der Waals surface area contributed by atoms with Crippen molar-refractivity contribution in [2.75, 3.05) is 6.61 Å². The first-order valence-electron chi connectivity index (χ1n) is 6.77.